The smallest absolute Gasteiger partial charge is 0.310 e. The molecule has 3 nitrogen and oxygen atoms in total. The van der Waals surface area contributed by atoms with Gasteiger partial charge >= 0.3 is 5.97 Å². The first kappa shape index (κ1) is 16.9. The number of halogens is 2. The van der Waals surface area contributed by atoms with Crippen LogP contribution in [0.25, 0.3) is 0 Å². The molecule has 0 heterocycles. The lowest BCUT2D eigenvalue weighted by atomic mass is 9.90. The number of rotatable bonds is 7. The van der Waals surface area contributed by atoms with Crippen molar-refractivity contribution < 1.29 is 14.6 Å². The van der Waals surface area contributed by atoms with Crippen molar-refractivity contribution in [2.45, 2.75) is 39.0 Å². The van der Waals surface area contributed by atoms with Gasteiger partial charge in [0, 0.05) is 0 Å². The van der Waals surface area contributed by atoms with E-state index in [-0.39, 0.29) is 0 Å². The third-order valence-electron chi connectivity index (χ3n) is 3.60. The predicted molar refractivity (Wildman–Crippen MR) is 92.2 cm³/mol. The Morgan fingerprint density at radius 1 is 1.48 bits per heavy atom. The molecule has 1 aromatic carbocycles. The van der Waals surface area contributed by atoms with Gasteiger partial charge in [-0.2, -0.15) is 0 Å². The second-order valence-electron chi connectivity index (χ2n) is 6.09. The van der Waals surface area contributed by atoms with Crippen LogP contribution in [0.2, 0.25) is 5.02 Å². The van der Waals surface area contributed by atoms with Gasteiger partial charge in [0.1, 0.15) is 5.75 Å². The minimum Gasteiger partial charge on any atom is -0.492 e. The Labute approximate surface area is 144 Å². The van der Waals surface area contributed by atoms with Gasteiger partial charge in [-0.1, -0.05) is 25.4 Å². The Balaban J connectivity index is 2.26. The maximum Gasteiger partial charge on any atom is 0.310 e. The van der Waals surface area contributed by atoms with Crippen LogP contribution in [0, 0.1) is 15.4 Å². The normalized spacial score (nSPS) is 16.0. The molecule has 0 aromatic heterocycles. The van der Waals surface area contributed by atoms with Crippen LogP contribution in [0.3, 0.4) is 0 Å². The highest BCUT2D eigenvalue weighted by Crippen LogP contribution is 2.36. The molecule has 0 aliphatic heterocycles. The molecule has 1 saturated carbocycles. The second kappa shape index (κ2) is 7.18. The molecule has 0 bridgehead atoms. The minimum atomic E-state index is -0.811. The Hall–Kier alpha value is -0.490. The van der Waals surface area contributed by atoms with Crippen LogP contribution < -0.4 is 4.74 Å². The third kappa shape index (κ3) is 4.74. The van der Waals surface area contributed by atoms with Crippen molar-refractivity contribution in [1.29, 1.82) is 0 Å². The Bertz CT molecular complexity index is 526. The molecule has 1 aliphatic rings. The van der Waals surface area contributed by atoms with E-state index >= 15 is 0 Å². The zero-order valence-corrected chi connectivity index (χ0v) is 15.1. The number of carboxylic acids is 1. The predicted octanol–water partition coefficient (Wildman–Crippen LogP) is 4.95. The van der Waals surface area contributed by atoms with Gasteiger partial charge in [-0.3, -0.25) is 4.79 Å². The van der Waals surface area contributed by atoms with Crippen LogP contribution in [0.15, 0.2) is 12.1 Å². The molecule has 0 saturated heterocycles. The van der Waals surface area contributed by atoms with Gasteiger partial charge in [0.15, 0.2) is 0 Å². The quantitative estimate of drug-likeness (QED) is 0.633. The molecule has 5 heteroatoms. The molecule has 1 N–H and O–H groups in total. The van der Waals surface area contributed by atoms with E-state index in [2.05, 4.69) is 22.6 Å². The molecule has 1 aliphatic carbocycles. The van der Waals surface area contributed by atoms with E-state index in [0.717, 1.165) is 9.13 Å². The van der Waals surface area contributed by atoms with Crippen molar-refractivity contribution in [3.05, 3.63) is 26.3 Å². The second-order valence-corrected chi connectivity index (χ2v) is 7.58. The van der Waals surface area contributed by atoms with E-state index in [0.29, 0.717) is 35.6 Å². The first-order valence-corrected chi connectivity index (χ1v) is 8.68. The van der Waals surface area contributed by atoms with Crippen molar-refractivity contribution in [3.63, 3.8) is 0 Å². The number of hydrogen-bond donors (Lipinski definition) is 1. The molecular formula is C16H20ClIO3. The summed E-state index contributed by atoms with van der Waals surface area (Å²) in [6.45, 7) is 4.74. The standard InChI is InChI=1S/C16H20ClIO3/c1-9(2)5-12(16(19)20)11-6-13(17)15(18)14(7-11)21-8-10-3-4-10/h6-7,9-10,12H,3-5,8H2,1-2H3,(H,19,20). The summed E-state index contributed by atoms with van der Waals surface area (Å²) in [6.07, 6.45) is 3.03. The van der Waals surface area contributed by atoms with Crippen LogP contribution in [-0.2, 0) is 4.79 Å². The van der Waals surface area contributed by atoms with Crippen molar-refractivity contribution in [2.75, 3.05) is 6.61 Å². The third-order valence-corrected chi connectivity index (χ3v) is 5.33. The fourth-order valence-electron chi connectivity index (χ4n) is 2.23. The van der Waals surface area contributed by atoms with Gasteiger partial charge in [0.2, 0.25) is 0 Å². The molecule has 2 rings (SSSR count). The molecule has 21 heavy (non-hydrogen) atoms. The summed E-state index contributed by atoms with van der Waals surface area (Å²) in [5.41, 5.74) is 0.729. The fourth-order valence-corrected chi connectivity index (χ4v) is 2.92. The average molecular weight is 423 g/mol. The van der Waals surface area contributed by atoms with E-state index in [1.807, 2.05) is 19.9 Å². The zero-order chi connectivity index (χ0) is 15.6. The maximum absolute atomic E-state index is 11.5. The monoisotopic (exact) mass is 422 g/mol. The van der Waals surface area contributed by atoms with E-state index in [9.17, 15) is 9.90 Å². The average Bonchev–Trinajstić information content (AvgIpc) is 3.21. The lowest BCUT2D eigenvalue weighted by Gasteiger charge is -2.18. The van der Waals surface area contributed by atoms with E-state index in [1.165, 1.54) is 12.8 Å². The van der Waals surface area contributed by atoms with E-state index in [1.54, 1.807) is 6.07 Å². The Morgan fingerprint density at radius 3 is 2.67 bits per heavy atom. The molecule has 0 radical (unpaired) electrons. The topological polar surface area (TPSA) is 46.5 Å². The largest absolute Gasteiger partial charge is 0.492 e. The highest BCUT2D eigenvalue weighted by Gasteiger charge is 2.25. The Morgan fingerprint density at radius 2 is 2.14 bits per heavy atom. The van der Waals surface area contributed by atoms with Crippen LogP contribution in [-0.4, -0.2) is 17.7 Å². The van der Waals surface area contributed by atoms with Crippen molar-refractivity contribution in [2.24, 2.45) is 11.8 Å². The number of benzene rings is 1. The minimum absolute atomic E-state index is 0.306. The number of ether oxygens (including phenoxy) is 1. The van der Waals surface area contributed by atoms with E-state index < -0.39 is 11.9 Å². The van der Waals surface area contributed by atoms with Gasteiger partial charge in [0.05, 0.1) is 21.1 Å². The van der Waals surface area contributed by atoms with Crippen molar-refractivity contribution in [3.8, 4) is 5.75 Å². The highest BCUT2D eigenvalue weighted by atomic mass is 127. The first-order chi connectivity index (χ1) is 9.88. The summed E-state index contributed by atoms with van der Waals surface area (Å²) in [5, 5.41) is 10.0. The van der Waals surface area contributed by atoms with Gasteiger partial charge in [-0.05, 0) is 71.4 Å². The van der Waals surface area contributed by atoms with Gasteiger partial charge in [0.25, 0.3) is 0 Å². The first-order valence-electron chi connectivity index (χ1n) is 7.23. The number of aliphatic carboxylic acids is 1. The highest BCUT2D eigenvalue weighted by molar-refractivity contribution is 14.1. The molecule has 116 valence electrons. The van der Waals surface area contributed by atoms with Crippen LogP contribution in [0.5, 0.6) is 5.75 Å². The van der Waals surface area contributed by atoms with Crippen LogP contribution in [0.4, 0.5) is 0 Å². The lowest BCUT2D eigenvalue weighted by molar-refractivity contribution is -0.139. The SMILES string of the molecule is CC(C)CC(C(=O)O)c1cc(Cl)c(I)c(OCC2CC2)c1. The van der Waals surface area contributed by atoms with Crippen LogP contribution >= 0.6 is 34.2 Å². The summed E-state index contributed by atoms with van der Waals surface area (Å²) in [4.78, 5) is 11.5. The number of hydrogen-bond acceptors (Lipinski definition) is 2. The summed E-state index contributed by atoms with van der Waals surface area (Å²) in [5.74, 6) is 0.311. The Kier molecular flexibility index (Phi) is 5.77. The molecule has 1 fully saturated rings. The lowest BCUT2D eigenvalue weighted by Crippen LogP contribution is -2.14. The molecule has 1 aromatic rings. The van der Waals surface area contributed by atoms with Crippen LogP contribution in [0.1, 0.15) is 44.6 Å². The van der Waals surface area contributed by atoms with Gasteiger partial charge in [-0.25, -0.2) is 0 Å². The molecule has 0 amide bonds. The maximum atomic E-state index is 11.5. The summed E-state index contributed by atoms with van der Waals surface area (Å²) >= 11 is 8.41. The zero-order valence-electron chi connectivity index (χ0n) is 12.2. The number of carbonyl (C=O) groups is 1. The summed E-state index contributed by atoms with van der Waals surface area (Å²) in [7, 11) is 0. The van der Waals surface area contributed by atoms with Gasteiger partial charge in [-0.15, -0.1) is 0 Å². The molecule has 1 unspecified atom stereocenters. The number of carboxylic acid groups (broad SMARTS) is 1. The molecular weight excluding hydrogens is 403 g/mol. The summed E-state index contributed by atoms with van der Waals surface area (Å²) in [6, 6.07) is 3.60. The summed E-state index contributed by atoms with van der Waals surface area (Å²) < 4.78 is 6.69. The van der Waals surface area contributed by atoms with Crippen molar-refractivity contribution >= 4 is 40.2 Å². The molecule has 0 spiro atoms. The molecule has 1 atom stereocenters. The van der Waals surface area contributed by atoms with E-state index in [4.69, 9.17) is 16.3 Å². The fraction of sp³-hybridized carbons (Fsp3) is 0.562. The van der Waals surface area contributed by atoms with Gasteiger partial charge < -0.3 is 9.84 Å². The van der Waals surface area contributed by atoms with Crippen molar-refractivity contribution in [1.82, 2.24) is 0 Å².